The number of hydrogen-bond donors (Lipinski definition) is 2. The summed E-state index contributed by atoms with van der Waals surface area (Å²) in [6.07, 6.45) is 2.17. The summed E-state index contributed by atoms with van der Waals surface area (Å²) >= 11 is 0. The van der Waals surface area contributed by atoms with Gasteiger partial charge in [0.05, 0.1) is 5.39 Å². The minimum Gasteiger partial charge on any atom is -0.396 e. The number of aryl methyl sites for hydroxylation is 2. The normalized spacial score (nSPS) is 11.2. The molecule has 0 saturated heterocycles. The van der Waals surface area contributed by atoms with Crippen molar-refractivity contribution in [2.24, 2.45) is 0 Å². The summed E-state index contributed by atoms with van der Waals surface area (Å²) in [6.45, 7) is 2.93. The predicted octanol–water partition coefficient (Wildman–Crippen LogP) is 0.630. The quantitative estimate of drug-likeness (QED) is 0.692. The lowest BCUT2D eigenvalue weighted by Gasteiger charge is -2.07. The zero-order chi connectivity index (χ0) is 15.7. The van der Waals surface area contributed by atoms with E-state index in [1.165, 1.54) is 11.9 Å². The number of benzene rings is 1. The molecule has 0 amide bonds. The molecule has 0 unspecified atom stereocenters. The van der Waals surface area contributed by atoms with Gasteiger partial charge < -0.3 is 15.4 Å². The van der Waals surface area contributed by atoms with E-state index in [1.54, 1.807) is 0 Å². The number of fused-ring (bicyclic) bond motifs is 1. The van der Waals surface area contributed by atoms with Gasteiger partial charge in [-0.15, -0.1) is 0 Å². The SMILES string of the molecule is Bc1c(-c2ccc(C)cc2)c2c(N)ncnc2n1CCCO. The molecule has 0 aliphatic carbocycles. The van der Waals surface area contributed by atoms with Crippen molar-refractivity contribution in [3.05, 3.63) is 36.2 Å². The molecule has 5 nitrogen and oxygen atoms in total. The molecule has 0 spiro atoms. The van der Waals surface area contributed by atoms with Crippen LogP contribution in [-0.4, -0.2) is 34.1 Å². The first kappa shape index (κ1) is 14.6. The lowest BCUT2D eigenvalue weighted by Crippen LogP contribution is -2.19. The number of aliphatic hydroxyl groups is 1. The van der Waals surface area contributed by atoms with E-state index in [0.717, 1.165) is 27.8 Å². The van der Waals surface area contributed by atoms with Crippen LogP contribution in [0.4, 0.5) is 5.82 Å². The van der Waals surface area contributed by atoms with Gasteiger partial charge in [-0.1, -0.05) is 29.8 Å². The number of nitrogen functional groups attached to an aromatic ring is 1. The molecule has 0 aliphatic rings. The van der Waals surface area contributed by atoms with Crippen molar-refractivity contribution in [1.29, 1.82) is 0 Å². The van der Waals surface area contributed by atoms with Crippen molar-refractivity contribution in [3.8, 4) is 11.1 Å². The highest BCUT2D eigenvalue weighted by molar-refractivity contribution is 6.38. The summed E-state index contributed by atoms with van der Waals surface area (Å²) in [5, 5.41) is 10.0. The molecule has 1 aromatic carbocycles. The molecule has 0 bridgehead atoms. The highest BCUT2D eigenvalue weighted by Gasteiger charge is 2.18. The van der Waals surface area contributed by atoms with Gasteiger partial charge in [-0.05, 0) is 24.5 Å². The molecule has 2 aromatic heterocycles. The van der Waals surface area contributed by atoms with Crippen LogP contribution in [0.3, 0.4) is 0 Å². The minimum absolute atomic E-state index is 0.152. The van der Waals surface area contributed by atoms with Crippen LogP contribution in [-0.2, 0) is 6.54 Å². The van der Waals surface area contributed by atoms with E-state index >= 15 is 0 Å². The lowest BCUT2D eigenvalue weighted by atomic mass is 9.92. The topological polar surface area (TPSA) is 77.0 Å². The second-order valence-electron chi connectivity index (χ2n) is 5.51. The molecule has 3 N–H and O–H groups in total. The largest absolute Gasteiger partial charge is 0.396 e. The number of aliphatic hydroxyl groups excluding tert-OH is 1. The third-order valence-corrected chi connectivity index (χ3v) is 4.01. The van der Waals surface area contributed by atoms with Crippen LogP contribution in [0.5, 0.6) is 0 Å². The maximum Gasteiger partial charge on any atom is 0.162 e. The number of hydrogen-bond acceptors (Lipinski definition) is 4. The molecule has 22 heavy (non-hydrogen) atoms. The Bertz CT molecular complexity index is 811. The van der Waals surface area contributed by atoms with Gasteiger partial charge in [-0.3, -0.25) is 0 Å². The molecule has 3 aromatic rings. The van der Waals surface area contributed by atoms with Crippen molar-refractivity contribution in [2.75, 3.05) is 12.3 Å². The van der Waals surface area contributed by atoms with E-state index < -0.39 is 0 Å². The fraction of sp³-hybridized carbons (Fsp3) is 0.250. The number of nitrogens with zero attached hydrogens (tertiary/aromatic N) is 3. The van der Waals surface area contributed by atoms with Crippen LogP contribution < -0.4 is 11.3 Å². The van der Waals surface area contributed by atoms with Crippen LogP contribution >= 0.6 is 0 Å². The average molecular weight is 294 g/mol. The third-order valence-electron chi connectivity index (χ3n) is 4.01. The molecule has 6 heteroatoms. The molecule has 0 atom stereocenters. The summed E-state index contributed by atoms with van der Waals surface area (Å²) in [6, 6.07) is 8.37. The maximum absolute atomic E-state index is 9.13. The van der Waals surface area contributed by atoms with Crippen LogP contribution in [0, 0.1) is 6.92 Å². The van der Waals surface area contributed by atoms with Gasteiger partial charge in [-0.25, -0.2) is 9.97 Å². The Morgan fingerprint density at radius 1 is 1.23 bits per heavy atom. The van der Waals surface area contributed by atoms with Crippen molar-refractivity contribution < 1.29 is 5.11 Å². The Morgan fingerprint density at radius 3 is 2.64 bits per heavy atom. The molecule has 0 fully saturated rings. The zero-order valence-electron chi connectivity index (χ0n) is 12.9. The lowest BCUT2D eigenvalue weighted by molar-refractivity contribution is 0.281. The van der Waals surface area contributed by atoms with Crippen LogP contribution in [0.1, 0.15) is 12.0 Å². The first-order chi connectivity index (χ1) is 10.6. The van der Waals surface area contributed by atoms with Crippen LogP contribution in [0.25, 0.3) is 22.2 Å². The number of nitrogens with two attached hydrogens (primary N) is 1. The Balaban J connectivity index is 2.28. The third kappa shape index (κ3) is 2.35. The maximum atomic E-state index is 9.13. The first-order valence-electron chi connectivity index (χ1n) is 7.40. The Labute approximate surface area is 130 Å². The molecule has 0 aliphatic heterocycles. The van der Waals surface area contributed by atoms with Gasteiger partial charge in [0.1, 0.15) is 17.8 Å². The minimum atomic E-state index is 0.152. The molecule has 0 radical (unpaired) electrons. The van der Waals surface area contributed by atoms with Gasteiger partial charge in [0.2, 0.25) is 0 Å². The molecule has 112 valence electrons. The summed E-state index contributed by atoms with van der Waals surface area (Å²) in [4.78, 5) is 8.56. The van der Waals surface area contributed by atoms with E-state index in [4.69, 9.17) is 10.8 Å². The van der Waals surface area contributed by atoms with Crippen molar-refractivity contribution >= 4 is 30.3 Å². The molecular formula is C16H19BN4O. The fourth-order valence-electron chi connectivity index (χ4n) is 2.88. The standard InChI is InChI=1S/C16H19BN4O/c1-10-3-5-11(6-4-10)12-13-15(18)19-9-20-16(13)21(14(12)17)7-2-8-22/h3-6,9,22H,2,7-8,17H2,1H3,(H2,18,19,20). The zero-order valence-corrected chi connectivity index (χ0v) is 12.9. The Morgan fingerprint density at radius 2 is 1.95 bits per heavy atom. The summed E-state index contributed by atoms with van der Waals surface area (Å²) < 4.78 is 2.11. The highest BCUT2D eigenvalue weighted by Crippen LogP contribution is 2.30. The predicted molar refractivity (Wildman–Crippen MR) is 92.0 cm³/mol. The van der Waals surface area contributed by atoms with E-state index in [9.17, 15) is 0 Å². The monoisotopic (exact) mass is 294 g/mol. The van der Waals surface area contributed by atoms with E-state index in [1.807, 2.05) is 0 Å². The number of rotatable bonds is 4. The highest BCUT2D eigenvalue weighted by atomic mass is 16.3. The Kier molecular flexibility index (Phi) is 3.85. The Hall–Kier alpha value is -2.34. The van der Waals surface area contributed by atoms with E-state index in [-0.39, 0.29) is 6.61 Å². The molecular weight excluding hydrogens is 275 g/mol. The molecule has 2 heterocycles. The smallest absolute Gasteiger partial charge is 0.162 e. The summed E-state index contributed by atoms with van der Waals surface area (Å²) in [7, 11) is 2.06. The van der Waals surface area contributed by atoms with Gasteiger partial charge in [0.15, 0.2) is 7.85 Å². The van der Waals surface area contributed by atoms with Crippen molar-refractivity contribution in [3.63, 3.8) is 0 Å². The number of aromatic nitrogens is 3. The fourth-order valence-corrected chi connectivity index (χ4v) is 2.88. The van der Waals surface area contributed by atoms with Gasteiger partial charge in [-0.2, -0.15) is 0 Å². The summed E-state index contributed by atoms with van der Waals surface area (Å²) in [5.41, 5.74) is 11.4. The van der Waals surface area contributed by atoms with Gasteiger partial charge in [0, 0.05) is 18.7 Å². The summed E-state index contributed by atoms with van der Waals surface area (Å²) in [5.74, 6) is 0.492. The van der Waals surface area contributed by atoms with Crippen molar-refractivity contribution in [1.82, 2.24) is 14.5 Å². The first-order valence-corrected chi connectivity index (χ1v) is 7.40. The van der Waals surface area contributed by atoms with Gasteiger partial charge in [0.25, 0.3) is 0 Å². The second-order valence-corrected chi connectivity index (χ2v) is 5.51. The van der Waals surface area contributed by atoms with E-state index in [2.05, 4.69) is 53.6 Å². The number of anilines is 1. The second kappa shape index (κ2) is 5.81. The molecule has 3 rings (SSSR count). The van der Waals surface area contributed by atoms with Crippen LogP contribution in [0.2, 0.25) is 0 Å². The average Bonchev–Trinajstić information content (AvgIpc) is 2.80. The van der Waals surface area contributed by atoms with Gasteiger partial charge >= 0.3 is 0 Å². The molecule has 0 saturated carbocycles. The van der Waals surface area contributed by atoms with E-state index in [0.29, 0.717) is 18.8 Å². The van der Waals surface area contributed by atoms with Crippen LogP contribution in [0.15, 0.2) is 30.6 Å². The van der Waals surface area contributed by atoms with Crippen molar-refractivity contribution in [2.45, 2.75) is 19.9 Å².